The number of hydrogen-bond donors (Lipinski definition) is 1. The highest BCUT2D eigenvalue weighted by Crippen LogP contribution is 2.52. The van der Waals surface area contributed by atoms with E-state index in [1.54, 1.807) is 29.2 Å². The molecule has 2 N–H and O–H groups in total. The Hall–Kier alpha value is -3.78. The lowest BCUT2D eigenvalue weighted by molar-refractivity contribution is -0.136. The Morgan fingerprint density at radius 3 is 2.08 bits per heavy atom. The third-order valence-electron chi connectivity index (χ3n) is 7.21. The van der Waals surface area contributed by atoms with Gasteiger partial charge in [0.1, 0.15) is 5.82 Å². The van der Waals surface area contributed by atoms with Gasteiger partial charge in [-0.15, -0.1) is 0 Å². The molecule has 2 amide bonds. The van der Waals surface area contributed by atoms with Crippen molar-refractivity contribution in [2.24, 2.45) is 10.6 Å². The highest BCUT2D eigenvalue weighted by Gasteiger charge is 2.49. The van der Waals surface area contributed by atoms with Gasteiger partial charge in [0.15, 0.2) is 5.78 Å². The lowest BCUT2D eigenvalue weighted by atomic mass is 9.68. The number of nitrogens with two attached hydrogens (primary N) is 1. The van der Waals surface area contributed by atoms with Crippen molar-refractivity contribution in [1.82, 2.24) is 4.90 Å². The maximum Gasteiger partial charge on any atom is 0.238 e. The standard InChI is InChI=1S/C28H25ClN4O5S/c1-28(2)13-21-26(22(34)14-28)25(16-3-5-17(29)6-4-16)20(15-30)27(33-23(35)11-12-24(33)36)32(21)18-7-9-19(10-8-18)39(31,37)38/h3-10,25H,11-14H2,1-2H3,(H2,31,37,38). The molecule has 1 saturated heterocycles. The molecule has 2 aliphatic heterocycles. The molecule has 0 radical (unpaired) electrons. The molecular formula is C28H25ClN4O5S. The molecular weight excluding hydrogens is 540 g/mol. The number of hydrogen-bond acceptors (Lipinski definition) is 7. The van der Waals surface area contributed by atoms with Crippen LogP contribution in [0.25, 0.3) is 0 Å². The predicted octanol–water partition coefficient (Wildman–Crippen LogP) is 4.12. The van der Waals surface area contributed by atoms with Gasteiger partial charge in [-0.05, 0) is 53.8 Å². The number of Topliss-reactive ketones (excluding diaryl/α,β-unsaturated/α-hetero) is 1. The van der Waals surface area contributed by atoms with Gasteiger partial charge in [0, 0.05) is 41.2 Å². The van der Waals surface area contributed by atoms with Gasteiger partial charge >= 0.3 is 0 Å². The largest absolute Gasteiger partial charge is 0.298 e. The van der Waals surface area contributed by atoms with E-state index in [-0.39, 0.29) is 41.3 Å². The molecule has 5 rings (SSSR count). The van der Waals surface area contributed by atoms with E-state index in [0.717, 1.165) is 4.90 Å². The smallest absolute Gasteiger partial charge is 0.238 e. The van der Waals surface area contributed by atoms with Gasteiger partial charge in [0.2, 0.25) is 21.8 Å². The summed E-state index contributed by atoms with van der Waals surface area (Å²) in [5, 5.41) is 16.3. The Kier molecular flexibility index (Phi) is 6.50. The maximum absolute atomic E-state index is 13.8. The number of nitriles is 1. The Morgan fingerprint density at radius 1 is 0.949 bits per heavy atom. The van der Waals surface area contributed by atoms with Crippen LogP contribution in [-0.2, 0) is 24.4 Å². The van der Waals surface area contributed by atoms with Crippen molar-refractivity contribution in [1.29, 1.82) is 5.26 Å². The number of halogens is 1. The van der Waals surface area contributed by atoms with Crippen molar-refractivity contribution in [3.8, 4) is 6.07 Å². The molecule has 9 nitrogen and oxygen atoms in total. The van der Waals surface area contributed by atoms with E-state index in [4.69, 9.17) is 16.7 Å². The summed E-state index contributed by atoms with van der Waals surface area (Å²) in [6.07, 6.45) is 0.611. The first-order valence-corrected chi connectivity index (χ1v) is 14.2. The van der Waals surface area contributed by atoms with Crippen LogP contribution in [-0.4, -0.2) is 30.9 Å². The zero-order valence-corrected chi connectivity index (χ0v) is 22.8. The van der Waals surface area contributed by atoms with Crippen LogP contribution in [0.4, 0.5) is 5.69 Å². The van der Waals surface area contributed by atoms with Gasteiger partial charge in [-0.25, -0.2) is 18.5 Å². The minimum absolute atomic E-state index is 0.0127. The molecule has 39 heavy (non-hydrogen) atoms. The first-order chi connectivity index (χ1) is 18.3. The number of rotatable bonds is 4. The van der Waals surface area contributed by atoms with Crippen LogP contribution in [0.3, 0.4) is 0 Å². The van der Waals surface area contributed by atoms with Crippen LogP contribution in [0, 0.1) is 16.7 Å². The summed E-state index contributed by atoms with van der Waals surface area (Å²) in [5.74, 6) is -1.86. The fourth-order valence-electron chi connectivity index (χ4n) is 5.55. The first kappa shape index (κ1) is 26.8. The summed E-state index contributed by atoms with van der Waals surface area (Å²) in [4.78, 5) is 42.4. The Labute approximate surface area is 231 Å². The molecule has 0 saturated carbocycles. The van der Waals surface area contributed by atoms with E-state index >= 15 is 0 Å². The Morgan fingerprint density at radius 2 is 1.54 bits per heavy atom. The Bertz CT molecular complexity index is 1620. The van der Waals surface area contributed by atoms with Gasteiger partial charge < -0.3 is 0 Å². The average molecular weight is 565 g/mol. The molecule has 0 bridgehead atoms. The van der Waals surface area contributed by atoms with Crippen molar-refractivity contribution in [3.63, 3.8) is 0 Å². The lowest BCUT2D eigenvalue weighted by Crippen LogP contribution is -2.46. The molecule has 1 fully saturated rings. The molecule has 1 atom stereocenters. The maximum atomic E-state index is 13.8. The summed E-state index contributed by atoms with van der Waals surface area (Å²) in [6, 6.07) is 14.6. The van der Waals surface area contributed by atoms with Crippen LogP contribution in [0.1, 0.15) is 51.0 Å². The molecule has 2 aromatic rings. The summed E-state index contributed by atoms with van der Waals surface area (Å²) in [6.45, 7) is 3.90. The van der Waals surface area contributed by atoms with Gasteiger partial charge in [0.25, 0.3) is 0 Å². The number of imide groups is 1. The number of anilines is 1. The second-order valence-electron chi connectivity index (χ2n) is 10.6. The molecule has 200 valence electrons. The van der Waals surface area contributed by atoms with E-state index in [9.17, 15) is 28.1 Å². The first-order valence-electron chi connectivity index (χ1n) is 12.3. The number of allylic oxidation sites excluding steroid dienone is 3. The number of nitrogens with zero attached hydrogens (tertiary/aromatic N) is 3. The van der Waals surface area contributed by atoms with E-state index < -0.39 is 33.2 Å². The van der Waals surface area contributed by atoms with Crippen LogP contribution < -0.4 is 10.0 Å². The van der Waals surface area contributed by atoms with Crippen molar-refractivity contribution in [3.05, 3.63) is 81.8 Å². The molecule has 3 aliphatic rings. The summed E-state index contributed by atoms with van der Waals surface area (Å²) >= 11 is 6.13. The van der Waals surface area contributed by atoms with E-state index in [1.807, 2.05) is 13.8 Å². The topological polar surface area (TPSA) is 142 Å². The number of primary sulfonamides is 1. The number of benzene rings is 2. The van der Waals surface area contributed by atoms with Crippen LogP contribution in [0.5, 0.6) is 0 Å². The van der Waals surface area contributed by atoms with Crippen molar-refractivity contribution >= 4 is 44.9 Å². The summed E-state index contributed by atoms with van der Waals surface area (Å²) in [5.41, 5.74) is 1.53. The van der Waals surface area contributed by atoms with Gasteiger partial charge in [-0.1, -0.05) is 37.6 Å². The molecule has 2 aromatic carbocycles. The summed E-state index contributed by atoms with van der Waals surface area (Å²) < 4.78 is 23.8. The summed E-state index contributed by atoms with van der Waals surface area (Å²) in [7, 11) is -3.99. The normalized spacial score (nSPS) is 21.4. The fraction of sp³-hybridized carbons (Fsp3) is 0.286. The van der Waals surface area contributed by atoms with Crippen molar-refractivity contribution in [2.45, 2.75) is 50.3 Å². The van der Waals surface area contributed by atoms with Gasteiger partial charge in [-0.2, -0.15) is 5.26 Å². The molecule has 0 spiro atoms. The zero-order chi connectivity index (χ0) is 28.3. The average Bonchev–Trinajstić information content (AvgIpc) is 3.19. The van der Waals surface area contributed by atoms with Gasteiger partial charge in [-0.3, -0.25) is 19.3 Å². The number of amides is 2. The highest BCUT2D eigenvalue weighted by molar-refractivity contribution is 7.89. The fourth-order valence-corrected chi connectivity index (χ4v) is 6.19. The molecule has 0 aromatic heterocycles. The zero-order valence-electron chi connectivity index (χ0n) is 21.3. The molecule has 11 heteroatoms. The highest BCUT2D eigenvalue weighted by atomic mass is 35.5. The molecule has 1 unspecified atom stereocenters. The van der Waals surface area contributed by atoms with Crippen molar-refractivity contribution < 1.29 is 22.8 Å². The second kappa shape index (κ2) is 9.45. The van der Waals surface area contributed by atoms with E-state index in [1.165, 1.54) is 24.3 Å². The van der Waals surface area contributed by atoms with E-state index in [2.05, 4.69) is 6.07 Å². The van der Waals surface area contributed by atoms with Crippen LogP contribution in [0.15, 0.2) is 76.1 Å². The number of ketones is 1. The Balaban J connectivity index is 1.85. The molecule has 2 heterocycles. The minimum atomic E-state index is -3.99. The predicted molar refractivity (Wildman–Crippen MR) is 143 cm³/mol. The van der Waals surface area contributed by atoms with Crippen LogP contribution in [0.2, 0.25) is 5.02 Å². The second-order valence-corrected chi connectivity index (χ2v) is 12.6. The third kappa shape index (κ3) is 4.67. The van der Waals surface area contributed by atoms with E-state index in [0.29, 0.717) is 34.0 Å². The molecule has 1 aliphatic carbocycles. The van der Waals surface area contributed by atoms with Crippen molar-refractivity contribution in [2.75, 3.05) is 4.90 Å². The van der Waals surface area contributed by atoms with Crippen LogP contribution >= 0.6 is 11.6 Å². The number of carbonyl (C=O) groups is 3. The monoisotopic (exact) mass is 564 g/mol. The minimum Gasteiger partial charge on any atom is -0.298 e. The SMILES string of the molecule is CC1(C)CC(=O)C2=C(C1)N(c1ccc(S(N)(=O)=O)cc1)C(N1C(=O)CCC1=O)=C(C#N)C2c1ccc(Cl)cc1. The quantitative estimate of drug-likeness (QED) is 0.550. The number of carbonyl (C=O) groups excluding carboxylic acids is 3. The third-order valence-corrected chi connectivity index (χ3v) is 8.39. The van der Waals surface area contributed by atoms with Gasteiger partial charge in [0.05, 0.1) is 22.5 Å². The number of likely N-dealkylation sites (tertiary alicyclic amines) is 1. The number of sulfonamides is 1. The lowest BCUT2D eigenvalue weighted by Gasteiger charge is -2.46.